The summed E-state index contributed by atoms with van der Waals surface area (Å²) >= 11 is 11.8. The van der Waals surface area contributed by atoms with Crippen molar-refractivity contribution in [1.29, 1.82) is 0 Å². The van der Waals surface area contributed by atoms with Gasteiger partial charge in [0, 0.05) is 61.4 Å². The van der Waals surface area contributed by atoms with Gasteiger partial charge in [0.15, 0.2) is 0 Å². The molecule has 4 saturated carbocycles. The van der Waals surface area contributed by atoms with Crippen molar-refractivity contribution < 1.29 is 52.2 Å². The van der Waals surface area contributed by atoms with Gasteiger partial charge in [0.1, 0.15) is 75.1 Å². The maximum Gasteiger partial charge on any atom is 0.140 e. The summed E-state index contributed by atoms with van der Waals surface area (Å²) in [4.78, 5) is 92.5. The van der Waals surface area contributed by atoms with E-state index in [0.29, 0.717) is 90.3 Å². The van der Waals surface area contributed by atoms with Crippen LogP contribution >= 0.6 is 23.2 Å². The van der Waals surface area contributed by atoms with Crippen LogP contribution in [0.3, 0.4) is 0 Å². The van der Waals surface area contributed by atoms with Crippen LogP contribution in [-0.2, 0) is 38.4 Å². The third-order valence-corrected chi connectivity index (χ3v) is 15.2. The van der Waals surface area contributed by atoms with E-state index < -0.39 is 0 Å². The maximum atomic E-state index is 12.9. The Kier molecular flexibility index (Phi) is 21.0. The van der Waals surface area contributed by atoms with Crippen molar-refractivity contribution in [3.05, 3.63) is 214 Å². The minimum atomic E-state index is -0.319. The lowest BCUT2D eigenvalue weighted by Crippen LogP contribution is -2.21. The molecule has 420 valence electrons. The number of Topliss-reactive ketones (excluding diaryl/α,β-unsaturated/α-hetero) is 8. The molecule has 0 unspecified atom stereocenters. The van der Waals surface area contributed by atoms with Crippen molar-refractivity contribution in [2.45, 2.75) is 120 Å². The Labute approximate surface area is 487 Å². The molecule has 4 fully saturated rings. The third kappa shape index (κ3) is 18.0. The number of hydrogen-bond donors (Lipinski definition) is 0. The summed E-state index contributed by atoms with van der Waals surface area (Å²) in [6.07, 6.45) is 4.00. The van der Waals surface area contributed by atoms with Crippen molar-refractivity contribution in [3.8, 4) is 34.1 Å². The zero-order chi connectivity index (χ0) is 58.3. The molecule has 4 aliphatic rings. The smallest absolute Gasteiger partial charge is 0.140 e. The number of hydrogen-bond acceptors (Lipinski definition) is 10. The van der Waals surface area contributed by atoms with E-state index in [9.17, 15) is 42.7 Å². The molecule has 4 aliphatic carbocycles. The van der Waals surface area contributed by atoms with Crippen molar-refractivity contribution in [2.75, 3.05) is 0 Å². The second-order valence-electron chi connectivity index (χ2n) is 21.7. The predicted octanol–water partition coefficient (Wildman–Crippen LogP) is 16.2. The van der Waals surface area contributed by atoms with Gasteiger partial charge >= 0.3 is 0 Å². The van der Waals surface area contributed by atoms with Gasteiger partial charge in [-0.05, 0) is 153 Å². The van der Waals surface area contributed by atoms with Gasteiger partial charge in [0.25, 0.3) is 0 Å². The highest BCUT2D eigenvalue weighted by Gasteiger charge is 2.30. The van der Waals surface area contributed by atoms with E-state index in [1.165, 1.54) is 17.7 Å². The molecule has 7 aromatic carbocycles. The second kappa shape index (κ2) is 28.6. The number of ketones is 8. The lowest BCUT2D eigenvalue weighted by atomic mass is 9.82. The quantitative estimate of drug-likeness (QED) is 0.121. The second-order valence-corrected chi connectivity index (χ2v) is 22.5. The lowest BCUT2D eigenvalue weighted by molar-refractivity contribution is -0.131. The minimum Gasteiger partial charge on any atom is -0.457 e. The first-order chi connectivity index (χ1) is 39.4. The first-order valence-corrected chi connectivity index (χ1v) is 28.3. The lowest BCUT2D eigenvalue weighted by Gasteiger charge is -2.21. The topological polar surface area (TPSA) is 155 Å². The molecular weight excluding hydrogens is 1080 g/mol. The zero-order valence-electron chi connectivity index (χ0n) is 45.8. The number of benzene rings is 7. The standard InChI is InChI=1S/C18H15ClO3.C18H15ClO2.C18H15FO3.C15H18O2/c19-14-4-6-17(7-5-14)22-18-3-1-2-12(10-18)13-8-15(20)11-16(21)9-13;19-16-6-4-12(5-7-16)13-2-1-3-14(8-13)15-9-17(20)11-18(21)10-15;19-14-4-6-17(7-5-14)22-18-3-1-2-12(10-18)13-8-15(20)11-16(21)9-13;1-10(2)11-4-3-5-12(6-11)13-7-14(16)9-15(17)8-13/h1-7,10,13H,8-9,11H2;1-8,15H,9-11H2;1-7,10,13H,8-9,11H2;3-6,10,13H,7-9H2,1-2H3. The summed E-state index contributed by atoms with van der Waals surface area (Å²) < 4.78 is 24.4. The Morgan fingerprint density at radius 1 is 0.354 bits per heavy atom. The van der Waals surface area contributed by atoms with Crippen LogP contribution in [0.25, 0.3) is 11.1 Å². The molecular formula is C69H63Cl2FO10. The van der Waals surface area contributed by atoms with E-state index in [0.717, 1.165) is 33.4 Å². The van der Waals surface area contributed by atoms with Gasteiger partial charge in [-0.2, -0.15) is 0 Å². The van der Waals surface area contributed by atoms with Crippen LogP contribution < -0.4 is 9.47 Å². The summed E-state index contributed by atoms with van der Waals surface area (Å²) in [6, 6.07) is 51.8. The van der Waals surface area contributed by atoms with Gasteiger partial charge in [-0.25, -0.2) is 4.39 Å². The van der Waals surface area contributed by atoms with E-state index in [2.05, 4.69) is 32.0 Å². The van der Waals surface area contributed by atoms with Crippen molar-refractivity contribution in [2.24, 2.45) is 0 Å². The van der Waals surface area contributed by atoms with Crippen LogP contribution in [-0.4, -0.2) is 46.3 Å². The number of halogens is 3. The highest BCUT2D eigenvalue weighted by molar-refractivity contribution is 6.31. The Bertz CT molecular complexity index is 3270. The van der Waals surface area contributed by atoms with E-state index in [4.69, 9.17) is 32.7 Å². The van der Waals surface area contributed by atoms with Crippen LogP contribution in [0.1, 0.15) is 148 Å². The molecule has 0 aliphatic heterocycles. The monoisotopic (exact) mass is 1140 g/mol. The third-order valence-electron chi connectivity index (χ3n) is 14.7. The van der Waals surface area contributed by atoms with Gasteiger partial charge in [0.05, 0.1) is 25.7 Å². The number of carbonyl (C=O) groups is 8. The Balaban J connectivity index is 0.000000144. The van der Waals surface area contributed by atoms with Crippen molar-refractivity contribution in [3.63, 3.8) is 0 Å². The first-order valence-electron chi connectivity index (χ1n) is 27.5. The molecule has 0 heterocycles. The molecule has 13 heteroatoms. The van der Waals surface area contributed by atoms with Crippen molar-refractivity contribution >= 4 is 69.5 Å². The van der Waals surface area contributed by atoms with Gasteiger partial charge < -0.3 is 9.47 Å². The highest BCUT2D eigenvalue weighted by atomic mass is 35.5. The number of carbonyl (C=O) groups excluding carboxylic acids is 8. The highest BCUT2D eigenvalue weighted by Crippen LogP contribution is 2.36. The van der Waals surface area contributed by atoms with Gasteiger partial charge in [-0.1, -0.05) is 122 Å². The Morgan fingerprint density at radius 3 is 1.05 bits per heavy atom. The predicted molar refractivity (Wildman–Crippen MR) is 315 cm³/mol. The molecule has 82 heavy (non-hydrogen) atoms. The van der Waals surface area contributed by atoms with E-state index >= 15 is 0 Å². The normalized spacial score (nSPS) is 16.4. The van der Waals surface area contributed by atoms with Crippen LogP contribution in [0.5, 0.6) is 23.0 Å². The molecule has 0 saturated heterocycles. The van der Waals surface area contributed by atoms with Crippen molar-refractivity contribution in [1.82, 2.24) is 0 Å². The van der Waals surface area contributed by atoms with E-state index in [1.54, 1.807) is 42.5 Å². The Hall–Kier alpha value is -7.99. The van der Waals surface area contributed by atoms with Gasteiger partial charge in [0.2, 0.25) is 0 Å². The average Bonchev–Trinajstić information content (AvgIpc) is 3.62. The molecule has 0 atom stereocenters. The van der Waals surface area contributed by atoms with E-state index in [1.807, 2.05) is 97.1 Å². The zero-order valence-corrected chi connectivity index (χ0v) is 47.3. The number of rotatable bonds is 10. The maximum absolute atomic E-state index is 12.9. The minimum absolute atomic E-state index is 0.00824. The van der Waals surface area contributed by atoms with Gasteiger partial charge in [-0.15, -0.1) is 0 Å². The molecule has 11 rings (SSSR count). The SMILES string of the molecule is CC(C)c1cccc(C2CC(=O)CC(=O)C2)c1.O=C1CC(=O)CC(c2cccc(-c3ccc(Cl)cc3)c2)C1.O=C1CC(=O)CC(c2cccc(Oc3ccc(Cl)cc3)c2)C1.O=C1CC(=O)CC(c2cccc(Oc3ccc(F)cc3)c2)C1. The van der Waals surface area contributed by atoms with Crippen LogP contribution in [0.2, 0.25) is 10.0 Å². The van der Waals surface area contributed by atoms with Crippen LogP contribution in [0, 0.1) is 5.82 Å². The molecule has 0 spiro atoms. The number of ether oxygens (including phenoxy) is 2. The molecule has 0 amide bonds. The summed E-state index contributed by atoms with van der Waals surface area (Å²) in [5.74, 6) is 2.97. The largest absolute Gasteiger partial charge is 0.457 e. The summed E-state index contributed by atoms with van der Waals surface area (Å²) in [6.45, 7) is 4.30. The molecule has 0 N–H and O–H groups in total. The van der Waals surface area contributed by atoms with Crippen LogP contribution in [0.15, 0.2) is 170 Å². The fraction of sp³-hybridized carbons (Fsp3) is 0.275. The molecule has 0 aromatic heterocycles. The average molecular weight is 1140 g/mol. The summed E-state index contributed by atoms with van der Waals surface area (Å²) in [7, 11) is 0. The fourth-order valence-corrected chi connectivity index (χ4v) is 10.9. The fourth-order valence-electron chi connectivity index (χ4n) is 10.6. The van der Waals surface area contributed by atoms with E-state index in [-0.39, 0.29) is 101 Å². The Morgan fingerprint density at radius 2 is 0.671 bits per heavy atom. The van der Waals surface area contributed by atoms with Gasteiger partial charge in [-0.3, -0.25) is 38.4 Å². The molecule has 7 aromatic rings. The molecule has 10 nitrogen and oxygen atoms in total. The first kappa shape index (κ1) is 60.1. The molecule has 0 radical (unpaired) electrons. The van der Waals surface area contributed by atoms with Crippen LogP contribution in [0.4, 0.5) is 4.39 Å². The molecule has 0 bridgehead atoms. The summed E-state index contributed by atoms with van der Waals surface area (Å²) in [5.41, 5.74) is 7.51. The summed E-state index contributed by atoms with van der Waals surface area (Å²) in [5, 5.41) is 1.36.